The summed E-state index contributed by atoms with van der Waals surface area (Å²) in [7, 11) is 2.03. The summed E-state index contributed by atoms with van der Waals surface area (Å²) in [5.74, 6) is 0.991. The van der Waals surface area contributed by atoms with E-state index in [1.807, 2.05) is 68.0 Å². The highest BCUT2D eigenvalue weighted by Gasteiger charge is 2.29. The maximum Gasteiger partial charge on any atom is 0.255 e. The highest BCUT2D eigenvalue weighted by molar-refractivity contribution is 6.04. The number of aryl methyl sites for hydroxylation is 1. The summed E-state index contributed by atoms with van der Waals surface area (Å²) in [6.07, 6.45) is 6.29. The first-order valence-electron chi connectivity index (χ1n) is 9.34. The number of rotatable bonds is 7. The lowest BCUT2D eigenvalue weighted by molar-refractivity contribution is 0.102. The zero-order valence-corrected chi connectivity index (χ0v) is 15.5. The molecule has 1 amide bonds. The van der Waals surface area contributed by atoms with Gasteiger partial charge >= 0.3 is 0 Å². The average molecular weight is 360 g/mol. The number of amides is 1. The molecule has 0 bridgehead atoms. The van der Waals surface area contributed by atoms with Crippen LogP contribution in [0.3, 0.4) is 0 Å². The summed E-state index contributed by atoms with van der Waals surface area (Å²) >= 11 is 0. The van der Waals surface area contributed by atoms with E-state index >= 15 is 0 Å². The maximum absolute atomic E-state index is 12.6. The Labute approximate surface area is 159 Å². The van der Waals surface area contributed by atoms with Gasteiger partial charge in [0.2, 0.25) is 0 Å². The fourth-order valence-corrected chi connectivity index (χ4v) is 3.25. The van der Waals surface area contributed by atoms with E-state index in [-0.39, 0.29) is 5.91 Å². The number of nitrogens with zero attached hydrogens (tertiary/aromatic N) is 3. The van der Waals surface area contributed by atoms with Gasteiger partial charge in [0.25, 0.3) is 5.91 Å². The zero-order valence-electron chi connectivity index (χ0n) is 15.5. The molecule has 1 fully saturated rings. The van der Waals surface area contributed by atoms with Crippen molar-refractivity contribution in [1.29, 1.82) is 0 Å². The Kier molecular flexibility index (Phi) is 5.03. The molecular weight excluding hydrogens is 336 g/mol. The SMILES string of the molecule is Cn1ccnc1CN(Cc1cccc(C(=O)Nc2ccccc2)c1)C1CC1. The highest BCUT2D eigenvalue weighted by atomic mass is 16.1. The smallest absolute Gasteiger partial charge is 0.255 e. The van der Waals surface area contributed by atoms with E-state index in [9.17, 15) is 4.79 Å². The lowest BCUT2D eigenvalue weighted by atomic mass is 10.1. The third kappa shape index (κ3) is 4.44. The van der Waals surface area contributed by atoms with E-state index < -0.39 is 0 Å². The molecular formula is C22H24N4O. The molecule has 3 aromatic rings. The molecule has 1 heterocycles. The van der Waals surface area contributed by atoms with Crippen LogP contribution in [0.5, 0.6) is 0 Å². The topological polar surface area (TPSA) is 50.2 Å². The van der Waals surface area contributed by atoms with E-state index in [4.69, 9.17) is 0 Å². The monoisotopic (exact) mass is 360 g/mol. The Balaban J connectivity index is 1.46. The minimum absolute atomic E-state index is 0.0786. The molecule has 27 heavy (non-hydrogen) atoms. The predicted octanol–water partition coefficient (Wildman–Crippen LogP) is 3.84. The fourth-order valence-electron chi connectivity index (χ4n) is 3.25. The van der Waals surface area contributed by atoms with Crippen molar-refractivity contribution in [3.63, 3.8) is 0 Å². The minimum Gasteiger partial charge on any atom is -0.337 e. The minimum atomic E-state index is -0.0786. The Morgan fingerprint density at radius 1 is 1.15 bits per heavy atom. The predicted molar refractivity (Wildman–Crippen MR) is 106 cm³/mol. The molecule has 1 aliphatic rings. The third-order valence-electron chi connectivity index (χ3n) is 4.94. The summed E-state index contributed by atoms with van der Waals surface area (Å²) < 4.78 is 2.07. The van der Waals surface area contributed by atoms with Crippen LogP contribution in [0.2, 0.25) is 0 Å². The van der Waals surface area contributed by atoms with Gasteiger partial charge in [0.05, 0.1) is 6.54 Å². The number of hydrogen-bond acceptors (Lipinski definition) is 3. The molecule has 0 unspecified atom stereocenters. The standard InChI is InChI=1S/C22H24N4O/c1-25-13-12-23-21(25)16-26(20-10-11-20)15-17-6-5-7-18(14-17)22(27)24-19-8-3-2-4-9-19/h2-9,12-14,20H,10-11,15-16H2,1H3,(H,24,27). The first-order valence-corrected chi connectivity index (χ1v) is 9.34. The molecule has 1 N–H and O–H groups in total. The summed E-state index contributed by atoms with van der Waals surface area (Å²) in [5, 5.41) is 2.95. The summed E-state index contributed by atoms with van der Waals surface area (Å²) in [6.45, 7) is 1.65. The molecule has 0 radical (unpaired) electrons. The van der Waals surface area contributed by atoms with Crippen molar-refractivity contribution in [3.05, 3.63) is 83.9 Å². The molecule has 4 rings (SSSR count). The number of carbonyl (C=O) groups excluding carboxylic acids is 1. The van der Waals surface area contributed by atoms with Crippen molar-refractivity contribution >= 4 is 11.6 Å². The van der Waals surface area contributed by atoms with Gasteiger partial charge in [-0.15, -0.1) is 0 Å². The number of aromatic nitrogens is 2. The van der Waals surface area contributed by atoms with E-state index in [2.05, 4.69) is 25.8 Å². The van der Waals surface area contributed by atoms with Crippen molar-refractivity contribution in [3.8, 4) is 0 Å². The van der Waals surface area contributed by atoms with Crippen LogP contribution in [0, 0.1) is 0 Å². The van der Waals surface area contributed by atoms with Gasteiger partial charge in [-0.05, 0) is 42.7 Å². The molecule has 2 aromatic carbocycles. The quantitative estimate of drug-likeness (QED) is 0.696. The number of benzene rings is 2. The number of carbonyl (C=O) groups is 1. The van der Waals surface area contributed by atoms with E-state index in [1.165, 1.54) is 12.8 Å². The van der Waals surface area contributed by atoms with Gasteiger partial charge in [-0.25, -0.2) is 4.98 Å². The van der Waals surface area contributed by atoms with Gasteiger partial charge in [-0.2, -0.15) is 0 Å². The van der Waals surface area contributed by atoms with Gasteiger partial charge < -0.3 is 9.88 Å². The van der Waals surface area contributed by atoms with Gasteiger partial charge in [0.15, 0.2) is 0 Å². The Morgan fingerprint density at radius 3 is 2.67 bits per heavy atom. The fraction of sp³-hybridized carbons (Fsp3) is 0.273. The average Bonchev–Trinajstić information content (AvgIpc) is 3.46. The number of imidazole rings is 1. The molecule has 1 aliphatic carbocycles. The van der Waals surface area contributed by atoms with Crippen molar-refractivity contribution in [2.75, 3.05) is 5.32 Å². The molecule has 1 aromatic heterocycles. The Hall–Kier alpha value is -2.92. The first kappa shape index (κ1) is 17.5. The first-order chi connectivity index (χ1) is 13.2. The zero-order chi connectivity index (χ0) is 18.6. The van der Waals surface area contributed by atoms with E-state index in [1.54, 1.807) is 0 Å². The second kappa shape index (κ2) is 7.76. The molecule has 0 aliphatic heterocycles. The van der Waals surface area contributed by atoms with Crippen molar-refractivity contribution < 1.29 is 4.79 Å². The lowest BCUT2D eigenvalue weighted by Gasteiger charge is -2.22. The van der Waals surface area contributed by atoms with Crippen LogP contribution >= 0.6 is 0 Å². The molecule has 1 saturated carbocycles. The van der Waals surface area contributed by atoms with Crippen LogP contribution in [0.25, 0.3) is 0 Å². The third-order valence-corrected chi connectivity index (χ3v) is 4.94. The van der Waals surface area contributed by atoms with Crippen molar-refractivity contribution in [1.82, 2.24) is 14.5 Å². The van der Waals surface area contributed by atoms with Crippen LogP contribution in [0.15, 0.2) is 67.0 Å². The normalized spacial score (nSPS) is 13.7. The number of anilines is 1. The van der Waals surface area contributed by atoms with E-state index in [0.717, 1.165) is 30.2 Å². The van der Waals surface area contributed by atoms with Gasteiger partial charge in [0.1, 0.15) is 5.82 Å². The maximum atomic E-state index is 12.6. The van der Waals surface area contributed by atoms with Gasteiger partial charge in [-0.1, -0.05) is 30.3 Å². The molecule has 0 atom stereocenters. The highest BCUT2D eigenvalue weighted by Crippen LogP contribution is 2.29. The molecule has 0 saturated heterocycles. The number of nitrogens with one attached hydrogen (secondary N) is 1. The molecule has 138 valence electrons. The van der Waals surface area contributed by atoms with Crippen LogP contribution in [0.1, 0.15) is 34.6 Å². The molecule has 5 nitrogen and oxygen atoms in total. The summed E-state index contributed by atoms with van der Waals surface area (Å²) in [5.41, 5.74) is 2.64. The lowest BCUT2D eigenvalue weighted by Crippen LogP contribution is -2.26. The Bertz CT molecular complexity index is 915. The van der Waals surface area contributed by atoms with Gasteiger partial charge in [-0.3, -0.25) is 9.69 Å². The van der Waals surface area contributed by atoms with Crippen molar-refractivity contribution in [2.45, 2.75) is 32.0 Å². The number of para-hydroxylation sites is 1. The van der Waals surface area contributed by atoms with Crippen LogP contribution in [-0.4, -0.2) is 26.4 Å². The molecule has 5 heteroatoms. The van der Waals surface area contributed by atoms with Gasteiger partial charge in [0, 0.05) is 43.3 Å². The second-order valence-corrected chi connectivity index (χ2v) is 7.11. The summed E-state index contributed by atoms with van der Waals surface area (Å²) in [6, 6.07) is 18.1. The molecule has 0 spiro atoms. The number of hydrogen-bond donors (Lipinski definition) is 1. The van der Waals surface area contributed by atoms with Crippen LogP contribution < -0.4 is 5.32 Å². The van der Waals surface area contributed by atoms with Crippen LogP contribution in [0.4, 0.5) is 5.69 Å². The Morgan fingerprint density at radius 2 is 1.96 bits per heavy atom. The largest absolute Gasteiger partial charge is 0.337 e. The van der Waals surface area contributed by atoms with E-state index in [0.29, 0.717) is 11.6 Å². The second-order valence-electron chi connectivity index (χ2n) is 7.11. The van der Waals surface area contributed by atoms with Crippen molar-refractivity contribution in [2.24, 2.45) is 7.05 Å². The van der Waals surface area contributed by atoms with Crippen LogP contribution in [-0.2, 0) is 20.1 Å². The summed E-state index contributed by atoms with van der Waals surface area (Å²) in [4.78, 5) is 19.5.